The number of amides is 1. The normalized spacial score (nSPS) is 10.8. The van der Waals surface area contributed by atoms with E-state index in [4.69, 9.17) is 18.9 Å². The first-order valence-corrected chi connectivity index (χ1v) is 8.46. The van der Waals surface area contributed by atoms with Gasteiger partial charge in [0, 0.05) is 0 Å². The predicted octanol–water partition coefficient (Wildman–Crippen LogP) is 2.36. The number of nitrogens with one attached hydrogen (secondary N) is 1. The second kappa shape index (κ2) is 9.03. The third-order valence-electron chi connectivity index (χ3n) is 3.22. The molecule has 2 aromatic rings. The third-order valence-corrected chi connectivity index (χ3v) is 3.22. The predicted molar refractivity (Wildman–Crippen MR) is 99.8 cm³/mol. The Bertz CT molecular complexity index is 826. The Morgan fingerprint density at radius 1 is 1.04 bits per heavy atom. The molecule has 0 aliphatic carbocycles. The fourth-order valence-electron chi connectivity index (χ4n) is 2.11. The topological polar surface area (TPSA) is 109 Å². The van der Waals surface area contributed by atoms with Crippen molar-refractivity contribution in [2.24, 2.45) is 0 Å². The zero-order chi connectivity index (χ0) is 20.7. The van der Waals surface area contributed by atoms with Crippen LogP contribution in [0.1, 0.15) is 31.1 Å². The second-order valence-electron chi connectivity index (χ2n) is 6.60. The Labute approximate surface area is 163 Å². The lowest BCUT2D eigenvalue weighted by atomic mass is 10.2. The molecule has 0 saturated carbocycles. The number of aromatic nitrogens is 2. The van der Waals surface area contributed by atoms with Crippen molar-refractivity contribution in [3.05, 3.63) is 35.9 Å². The van der Waals surface area contributed by atoms with Gasteiger partial charge in [-0.05, 0) is 32.9 Å². The minimum absolute atomic E-state index is 0.0522. The van der Waals surface area contributed by atoms with E-state index in [0.717, 1.165) is 0 Å². The van der Waals surface area contributed by atoms with Crippen LogP contribution in [0.25, 0.3) is 0 Å². The first-order valence-electron chi connectivity index (χ1n) is 8.46. The van der Waals surface area contributed by atoms with Gasteiger partial charge in [-0.2, -0.15) is 9.97 Å². The maximum Gasteiger partial charge on any atom is 0.328 e. The molecule has 0 fully saturated rings. The molecule has 1 amide bonds. The zero-order valence-electron chi connectivity index (χ0n) is 16.4. The van der Waals surface area contributed by atoms with Gasteiger partial charge in [0.1, 0.15) is 17.9 Å². The summed E-state index contributed by atoms with van der Waals surface area (Å²) in [7, 11) is 2.90. The van der Waals surface area contributed by atoms with E-state index in [1.165, 1.54) is 20.3 Å². The van der Waals surface area contributed by atoms with Crippen molar-refractivity contribution in [3.63, 3.8) is 0 Å². The molecule has 0 unspecified atom stereocenters. The van der Waals surface area contributed by atoms with E-state index in [2.05, 4.69) is 15.3 Å². The van der Waals surface area contributed by atoms with E-state index in [0.29, 0.717) is 0 Å². The molecule has 2 rings (SSSR count). The highest BCUT2D eigenvalue weighted by molar-refractivity contribution is 5.98. The molecule has 1 aromatic carbocycles. The van der Waals surface area contributed by atoms with E-state index in [9.17, 15) is 9.59 Å². The highest BCUT2D eigenvalue weighted by atomic mass is 16.6. The van der Waals surface area contributed by atoms with Crippen LogP contribution in [0, 0.1) is 0 Å². The molecule has 0 radical (unpaired) electrons. The van der Waals surface area contributed by atoms with Crippen molar-refractivity contribution in [2.45, 2.75) is 26.4 Å². The monoisotopic (exact) mass is 389 g/mol. The minimum Gasteiger partial charge on any atom is -0.481 e. The fraction of sp³-hybridized carbons (Fsp3) is 0.368. The number of nitrogens with zero attached hydrogens (tertiary/aromatic N) is 2. The second-order valence-corrected chi connectivity index (χ2v) is 6.60. The summed E-state index contributed by atoms with van der Waals surface area (Å²) in [4.78, 5) is 32.4. The standard InChI is InChI=1S/C19H23N3O6/c1-19(2,3)28-16(23)11-20-17(24)12-8-6-7-9-13(12)27-18-21-14(25-4)10-15(22-18)26-5/h6-10H,11H2,1-5H3,(H,20,24). The van der Waals surface area contributed by atoms with Gasteiger partial charge in [-0.1, -0.05) is 12.1 Å². The molecular weight excluding hydrogens is 366 g/mol. The molecule has 28 heavy (non-hydrogen) atoms. The molecule has 1 heterocycles. The van der Waals surface area contributed by atoms with Crippen LogP contribution >= 0.6 is 0 Å². The number of carbonyl (C=O) groups is 2. The SMILES string of the molecule is COc1cc(OC)nc(Oc2ccccc2C(=O)NCC(=O)OC(C)(C)C)n1. The number of rotatable bonds is 7. The van der Waals surface area contributed by atoms with Crippen molar-refractivity contribution in [3.8, 4) is 23.5 Å². The van der Waals surface area contributed by atoms with Crippen LogP contribution in [0.15, 0.2) is 30.3 Å². The van der Waals surface area contributed by atoms with Gasteiger partial charge < -0.3 is 24.3 Å². The van der Waals surface area contributed by atoms with Crippen LogP contribution in [0.4, 0.5) is 0 Å². The van der Waals surface area contributed by atoms with E-state index >= 15 is 0 Å². The minimum atomic E-state index is -0.633. The van der Waals surface area contributed by atoms with E-state index in [1.807, 2.05) is 0 Å². The van der Waals surface area contributed by atoms with Gasteiger partial charge in [0.05, 0.1) is 25.8 Å². The van der Waals surface area contributed by atoms with Crippen molar-refractivity contribution in [1.82, 2.24) is 15.3 Å². The molecular formula is C19H23N3O6. The van der Waals surface area contributed by atoms with Gasteiger partial charge in [0.2, 0.25) is 11.8 Å². The lowest BCUT2D eigenvalue weighted by molar-refractivity contribution is -0.153. The third kappa shape index (κ3) is 6.11. The number of benzene rings is 1. The summed E-state index contributed by atoms with van der Waals surface area (Å²) in [5.74, 6) is -0.349. The first kappa shape index (κ1) is 20.9. The van der Waals surface area contributed by atoms with E-state index < -0.39 is 17.5 Å². The lowest BCUT2D eigenvalue weighted by Crippen LogP contribution is -2.34. The molecule has 0 bridgehead atoms. The Kier molecular flexibility index (Phi) is 6.75. The van der Waals surface area contributed by atoms with Crippen LogP contribution in [0.5, 0.6) is 23.5 Å². The summed E-state index contributed by atoms with van der Waals surface area (Å²) in [6.45, 7) is 4.97. The number of methoxy groups -OCH3 is 2. The van der Waals surface area contributed by atoms with Gasteiger partial charge in [-0.3, -0.25) is 9.59 Å². The van der Waals surface area contributed by atoms with E-state index in [1.54, 1.807) is 45.0 Å². The van der Waals surface area contributed by atoms with Crippen molar-refractivity contribution in [1.29, 1.82) is 0 Å². The highest BCUT2D eigenvalue weighted by Gasteiger charge is 2.19. The maximum absolute atomic E-state index is 12.5. The van der Waals surface area contributed by atoms with Crippen LogP contribution in [-0.2, 0) is 9.53 Å². The number of ether oxygens (including phenoxy) is 4. The lowest BCUT2D eigenvalue weighted by Gasteiger charge is -2.19. The van der Waals surface area contributed by atoms with Gasteiger partial charge >= 0.3 is 12.0 Å². The maximum atomic E-state index is 12.5. The molecule has 0 aliphatic heterocycles. The van der Waals surface area contributed by atoms with Crippen LogP contribution in [-0.4, -0.2) is 48.2 Å². The molecule has 0 atom stereocenters. The summed E-state index contributed by atoms with van der Waals surface area (Å²) >= 11 is 0. The summed E-state index contributed by atoms with van der Waals surface area (Å²) in [5.41, 5.74) is -0.428. The molecule has 1 N–H and O–H groups in total. The van der Waals surface area contributed by atoms with Crippen LogP contribution < -0.4 is 19.5 Å². The van der Waals surface area contributed by atoms with Gasteiger partial charge in [0.15, 0.2) is 0 Å². The summed E-state index contributed by atoms with van der Waals surface area (Å²) < 4.78 is 21.0. The zero-order valence-corrected chi connectivity index (χ0v) is 16.4. The fourth-order valence-corrected chi connectivity index (χ4v) is 2.11. The Morgan fingerprint density at radius 3 is 2.21 bits per heavy atom. The number of para-hydroxylation sites is 1. The van der Waals surface area contributed by atoms with Crippen LogP contribution in [0.2, 0.25) is 0 Å². The average molecular weight is 389 g/mol. The van der Waals surface area contributed by atoms with Crippen molar-refractivity contribution < 1.29 is 28.5 Å². The Balaban J connectivity index is 2.14. The Morgan fingerprint density at radius 2 is 1.64 bits per heavy atom. The van der Waals surface area contributed by atoms with Crippen LogP contribution in [0.3, 0.4) is 0 Å². The quantitative estimate of drug-likeness (QED) is 0.719. The molecule has 9 nitrogen and oxygen atoms in total. The smallest absolute Gasteiger partial charge is 0.328 e. The molecule has 150 valence electrons. The average Bonchev–Trinajstić information content (AvgIpc) is 2.64. The summed E-state index contributed by atoms with van der Waals surface area (Å²) in [6.07, 6.45) is 0. The van der Waals surface area contributed by atoms with E-state index in [-0.39, 0.29) is 35.6 Å². The number of esters is 1. The summed E-state index contributed by atoms with van der Waals surface area (Å²) in [6, 6.07) is 7.93. The molecule has 0 aliphatic rings. The highest BCUT2D eigenvalue weighted by Crippen LogP contribution is 2.26. The van der Waals surface area contributed by atoms with Crippen molar-refractivity contribution in [2.75, 3.05) is 20.8 Å². The molecule has 1 aromatic heterocycles. The molecule has 0 saturated heterocycles. The first-order chi connectivity index (χ1) is 13.2. The number of hydrogen-bond donors (Lipinski definition) is 1. The Hall–Kier alpha value is -3.36. The van der Waals surface area contributed by atoms with Gasteiger partial charge in [0.25, 0.3) is 5.91 Å². The summed E-state index contributed by atoms with van der Waals surface area (Å²) in [5, 5.41) is 2.51. The molecule has 9 heteroatoms. The largest absolute Gasteiger partial charge is 0.481 e. The van der Waals surface area contributed by atoms with Gasteiger partial charge in [-0.15, -0.1) is 0 Å². The van der Waals surface area contributed by atoms with Crippen molar-refractivity contribution >= 4 is 11.9 Å². The number of carbonyl (C=O) groups excluding carboxylic acids is 2. The number of hydrogen-bond acceptors (Lipinski definition) is 8. The van der Waals surface area contributed by atoms with Gasteiger partial charge in [-0.25, -0.2) is 0 Å². The molecule has 0 spiro atoms.